The maximum Gasteiger partial charge on any atom is 0.310 e. The first-order valence-electron chi connectivity index (χ1n) is 10.7. The number of ether oxygens (including phenoxy) is 3. The second-order valence-corrected chi connectivity index (χ2v) is 7.43. The van der Waals surface area contributed by atoms with Crippen molar-refractivity contribution in [2.75, 3.05) is 7.11 Å². The molecule has 0 saturated heterocycles. The van der Waals surface area contributed by atoms with Crippen LogP contribution in [-0.2, 0) is 29.2 Å². The summed E-state index contributed by atoms with van der Waals surface area (Å²) < 4.78 is 16.9. The average molecular weight is 433 g/mol. The van der Waals surface area contributed by atoms with E-state index in [0.717, 1.165) is 11.1 Å². The molecule has 0 bridgehead atoms. The Morgan fingerprint density at radius 1 is 0.812 bits per heavy atom. The van der Waals surface area contributed by atoms with E-state index in [1.807, 2.05) is 67.6 Å². The fourth-order valence-corrected chi connectivity index (χ4v) is 3.35. The molecule has 0 atom stereocenters. The highest BCUT2D eigenvalue weighted by Crippen LogP contribution is 2.32. The van der Waals surface area contributed by atoms with Crippen LogP contribution in [0.3, 0.4) is 0 Å². The van der Waals surface area contributed by atoms with Crippen molar-refractivity contribution >= 4 is 11.8 Å². The normalized spacial score (nSPS) is 10.4. The minimum absolute atomic E-state index is 0.0362. The summed E-state index contributed by atoms with van der Waals surface area (Å²) in [6.45, 7) is 2.60. The SMILES string of the molecule is CCCC(=O)c1c(CC(=O)OC)cc(OCc2ccccc2)cc1OCc1ccccc1. The third-order valence-electron chi connectivity index (χ3n) is 4.96. The number of esters is 1. The zero-order chi connectivity index (χ0) is 22.8. The van der Waals surface area contributed by atoms with Crippen LogP contribution in [0.2, 0.25) is 0 Å². The number of hydrogen-bond donors (Lipinski definition) is 0. The Labute approximate surface area is 188 Å². The lowest BCUT2D eigenvalue weighted by atomic mass is 9.97. The first-order valence-corrected chi connectivity index (χ1v) is 10.7. The number of Topliss-reactive ketones (excluding diaryl/α,β-unsaturated/α-hetero) is 1. The molecule has 0 saturated carbocycles. The van der Waals surface area contributed by atoms with Crippen molar-refractivity contribution in [1.82, 2.24) is 0 Å². The first kappa shape index (κ1) is 23.1. The highest BCUT2D eigenvalue weighted by atomic mass is 16.5. The zero-order valence-corrected chi connectivity index (χ0v) is 18.5. The molecule has 5 nitrogen and oxygen atoms in total. The Morgan fingerprint density at radius 2 is 1.41 bits per heavy atom. The molecule has 0 unspecified atom stereocenters. The van der Waals surface area contributed by atoms with Crippen LogP contribution in [-0.4, -0.2) is 18.9 Å². The molecule has 32 heavy (non-hydrogen) atoms. The van der Waals surface area contributed by atoms with Gasteiger partial charge >= 0.3 is 5.97 Å². The number of ketones is 1. The molecule has 3 aromatic carbocycles. The molecular formula is C27H28O5. The van der Waals surface area contributed by atoms with Crippen LogP contribution in [0, 0.1) is 0 Å². The molecule has 3 aromatic rings. The second-order valence-electron chi connectivity index (χ2n) is 7.43. The molecule has 0 aliphatic carbocycles. The predicted molar refractivity (Wildman–Crippen MR) is 123 cm³/mol. The van der Waals surface area contributed by atoms with Gasteiger partial charge in [0.05, 0.1) is 19.1 Å². The summed E-state index contributed by atoms with van der Waals surface area (Å²) in [5.41, 5.74) is 2.95. The van der Waals surface area contributed by atoms with Crippen molar-refractivity contribution in [2.45, 2.75) is 39.4 Å². The van der Waals surface area contributed by atoms with Gasteiger partial charge in [-0.15, -0.1) is 0 Å². The van der Waals surface area contributed by atoms with Crippen molar-refractivity contribution in [2.24, 2.45) is 0 Å². The maximum atomic E-state index is 13.0. The summed E-state index contributed by atoms with van der Waals surface area (Å²) in [4.78, 5) is 25.1. The van der Waals surface area contributed by atoms with E-state index >= 15 is 0 Å². The highest BCUT2D eigenvalue weighted by molar-refractivity contribution is 6.01. The molecule has 0 N–H and O–H groups in total. The lowest BCUT2D eigenvalue weighted by Gasteiger charge is -2.17. The number of hydrogen-bond acceptors (Lipinski definition) is 5. The molecule has 0 aliphatic heterocycles. The zero-order valence-electron chi connectivity index (χ0n) is 18.5. The van der Waals surface area contributed by atoms with Gasteiger partial charge in [-0.25, -0.2) is 0 Å². The van der Waals surface area contributed by atoms with E-state index in [1.54, 1.807) is 12.1 Å². The van der Waals surface area contributed by atoms with Gasteiger partial charge in [0.25, 0.3) is 0 Å². The molecule has 3 rings (SSSR count). The molecule has 0 radical (unpaired) electrons. The Balaban J connectivity index is 1.96. The summed E-state index contributed by atoms with van der Waals surface area (Å²) in [6.07, 6.45) is 1.02. The molecule has 5 heteroatoms. The van der Waals surface area contributed by atoms with Gasteiger partial charge in [0.1, 0.15) is 24.7 Å². The largest absolute Gasteiger partial charge is 0.489 e. The molecule has 166 valence electrons. The van der Waals surface area contributed by atoms with Gasteiger partial charge < -0.3 is 14.2 Å². The second kappa shape index (κ2) is 11.7. The van der Waals surface area contributed by atoms with Crippen LogP contribution in [0.25, 0.3) is 0 Å². The lowest BCUT2D eigenvalue weighted by Crippen LogP contribution is -2.13. The topological polar surface area (TPSA) is 61.8 Å². The third-order valence-corrected chi connectivity index (χ3v) is 4.96. The summed E-state index contributed by atoms with van der Waals surface area (Å²) in [5.74, 6) is 0.453. The third kappa shape index (κ3) is 6.45. The fourth-order valence-electron chi connectivity index (χ4n) is 3.35. The van der Waals surface area contributed by atoms with Gasteiger partial charge in [-0.3, -0.25) is 9.59 Å². The molecule has 0 heterocycles. The lowest BCUT2D eigenvalue weighted by molar-refractivity contribution is -0.139. The molecular weight excluding hydrogens is 404 g/mol. The number of carbonyl (C=O) groups excluding carboxylic acids is 2. The summed E-state index contributed by atoms with van der Waals surface area (Å²) in [5, 5.41) is 0. The van der Waals surface area contributed by atoms with Crippen molar-refractivity contribution in [3.63, 3.8) is 0 Å². The predicted octanol–water partition coefficient (Wildman–Crippen LogP) is 5.54. The van der Waals surface area contributed by atoms with Gasteiger partial charge in [-0.1, -0.05) is 67.6 Å². The quantitative estimate of drug-likeness (QED) is 0.294. The monoisotopic (exact) mass is 432 g/mol. The summed E-state index contributed by atoms with van der Waals surface area (Å²) >= 11 is 0. The fraction of sp³-hybridized carbons (Fsp3) is 0.259. The van der Waals surface area contributed by atoms with E-state index in [1.165, 1.54) is 7.11 Å². The van der Waals surface area contributed by atoms with Gasteiger partial charge in [0.15, 0.2) is 5.78 Å². The summed E-state index contributed by atoms with van der Waals surface area (Å²) in [7, 11) is 1.33. The average Bonchev–Trinajstić information content (AvgIpc) is 2.82. The number of benzene rings is 3. The van der Waals surface area contributed by atoms with Crippen molar-refractivity contribution < 1.29 is 23.8 Å². The van der Waals surface area contributed by atoms with Crippen LogP contribution in [0.15, 0.2) is 72.8 Å². The van der Waals surface area contributed by atoms with Gasteiger partial charge in [0.2, 0.25) is 0 Å². The van der Waals surface area contributed by atoms with Crippen molar-refractivity contribution in [3.05, 3.63) is 95.1 Å². The standard InChI is InChI=1S/C27H28O5/c1-3-10-24(28)27-22(16-26(29)30-2)15-23(31-18-20-11-6-4-7-12-20)17-25(27)32-19-21-13-8-5-9-14-21/h4-9,11-15,17H,3,10,16,18-19H2,1-2H3. The highest BCUT2D eigenvalue weighted by Gasteiger charge is 2.21. The van der Waals surface area contributed by atoms with E-state index in [9.17, 15) is 9.59 Å². The number of carbonyl (C=O) groups is 2. The molecule has 0 amide bonds. The smallest absolute Gasteiger partial charge is 0.310 e. The molecule has 0 fully saturated rings. The minimum Gasteiger partial charge on any atom is -0.489 e. The Bertz CT molecular complexity index is 1030. The Kier molecular flexibility index (Phi) is 8.44. The molecule has 0 aromatic heterocycles. The number of methoxy groups -OCH3 is 1. The Morgan fingerprint density at radius 3 is 1.97 bits per heavy atom. The van der Waals surface area contributed by atoms with E-state index in [-0.39, 0.29) is 12.2 Å². The van der Waals surface area contributed by atoms with Gasteiger partial charge in [-0.2, -0.15) is 0 Å². The van der Waals surface area contributed by atoms with Crippen LogP contribution in [0.5, 0.6) is 11.5 Å². The van der Waals surface area contributed by atoms with Crippen LogP contribution >= 0.6 is 0 Å². The van der Waals surface area contributed by atoms with E-state index in [0.29, 0.717) is 48.7 Å². The van der Waals surface area contributed by atoms with Crippen LogP contribution in [0.4, 0.5) is 0 Å². The van der Waals surface area contributed by atoms with Crippen molar-refractivity contribution in [3.8, 4) is 11.5 Å². The number of rotatable bonds is 11. The van der Waals surface area contributed by atoms with Gasteiger partial charge in [0, 0.05) is 12.5 Å². The van der Waals surface area contributed by atoms with E-state index in [2.05, 4.69) is 0 Å². The molecule has 0 aliphatic rings. The van der Waals surface area contributed by atoms with E-state index < -0.39 is 5.97 Å². The van der Waals surface area contributed by atoms with Crippen molar-refractivity contribution in [1.29, 1.82) is 0 Å². The summed E-state index contributed by atoms with van der Waals surface area (Å²) in [6, 6.07) is 23.0. The first-order chi connectivity index (χ1) is 15.6. The van der Waals surface area contributed by atoms with Crippen LogP contribution in [0.1, 0.15) is 46.8 Å². The maximum absolute atomic E-state index is 13.0. The Hall–Kier alpha value is -3.60. The van der Waals surface area contributed by atoms with E-state index in [4.69, 9.17) is 14.2 Å². The minimum atomic E-state index is -0.426. The molecule has 0 spiro atoms. The van der Waals surface area contributed by atoms with Crippen LogP contribution < -0.4 is 9.47 Å². The van der Waals surface area contributed by atoms with Gasteiger partial charge in [-0.05, 0) is 29.2 Å².